The molecule has 0 unspecified atom stereocenters. The van der Waals surface area contributed by atoms with Gasteiger partial charge in [0.05, 0.1) is 6.04 Å². The van der Waals surface area contributed by atoms with Crippen LogP contribution in [0.1, 0.15) is 43.7 Å². The molecule has 0 aromatic carbocycles. The molecule has 0 radical (unpaired) electrons. The highest BCUT2D eigenvalue weighted by molar-refractivity contribution is 5.11. The molecule has 0 amide bonds. The normalized spacial score (nSPS) is 22.4. The summed E-state index contributed by atoms with van der Waals surface area (Å²) >= 11 is 0. The van der Waals surface area contributed by atoms with Gasteiger partial charge in [-0.2, -0.15) is 0 Å². The molecule has 2 rings (SSSR count). The Morgan fingerprint density at radius 2 is 2.62 bits per heavy atom. The van der Waals surface area contributed by atoms with Gasteiger partial charge in [-0.1, -0.05) is 12.1 Å². The van der Waals surface area contributed by atoms with Crippen LogP contribution in [0.5, 0.6) is 0 Å². The molecule has 1 fully saturated rings. The molecule has 1 aromatic heterocycles. The van der Waals surface area contributed by atoms with E-state index in [1.807, 2.05) is 0 Å². The number of rotatable bonds is 3. The van der Waals surface area contributed by atoms with Gasteiger partial charge in [0.1, 0.15) is 11.5 Å². The van der Waals surface area contributed by atoms with Crippen molar-refractivity contribution in [1.82, 2.24) is 10.5 Å². The number of nitrogens with one attached hydrogen (secondary N) is 1. The standard InChI is InChI=1S/C10H16N2O/c1-2-4-8-7-10(12-13-8)9-5-3-6-11-9/h7,9,11H,2-6H2,1H3/t9-/m0/s1. The molecular formula is C10H16N2O. The molecule has 3 nitrogen and oxygen atoms in total. The molecule has 0 saturated carbocycles. The lowest BCUT2D eigenvalue weighted by Crippen LogP contribution is -2.12. The second-order valence-electron chi connectivity index (χ2n) is 3.62. The van der Waals surface area contributed by atoms with E-state index >= 15 is 0 Å². The number of hydrogen-bond donors (Lipinski definition) is 1. The van der Waals surface area contributed by atoms with Crippen molar-refractivity contribution in [2.24, 2.45) is 0 Å². The van der Waals surface area contributed by atoms with E-state index in [9.17, 15) is 0 Å². The second-order valence-corrected chi connectivity index (χ2v) is 3.62. The zero-order valence-corrected chi connectivity index (χ0v) is 8.05. The van der Waals surface area contributed by atoms with Gasteiger partial charge < -0.3 is 9.84 Å². The lowest BCUT2D eigenvalue weighted by atomic mass is 10.1. The van der Waals surface area contributed by atoms with Crippen LogP contribution in [0.25, 0.3) is 0 Å². The van der Waals surface area contributed by atoms with Crippen LogP contribution in [-0.2, 0) is 6.42 Å². The number of aryl methyl sites for hydroxylation is 1. The van der Waals surface area contributed by atoms with Crippen LogP contribution < -0.4 is 5.32 Å². The molecule has 1 atom stereocenters. The fourth-order valence-electron chi connectivity index (χ4n) is 1.79. The van der Waals surface area contributed by atoms with Crippen molar-refractivity contribution in [3.8, 4) is 0 Å². The lowest BCUT2D eigenvalue weighted by molar-refractivity contribution is 0.369. The van der Waals surface area contributed by atoms with Gasteiger partial charge in [-0.25, -0.2) is 0 Å². The smallest absolute Gasteiger partial charge is 0.137 e. The Bertz CT molecular complexity index is 264. The van der Waals surface area contributed by atoms with Gasteiger partial charge in [0.2, 0.25) is 0 Å². The zero-order chi connectivity index (χ0) is 9.10. The van der Waals surface area contributed by atoms with E-state index in [2.05, 4.69) is 23.5 Å². The van der Waals surface area contributed by atoms with Crippen molar-refractivity contribution < 1.29 is 4.52 Å². The summed E-state index contributed by atoms with van der Waals surface area (Å²) in [6.45, 7) is 3.26. The molecule has 2 heterocycles. The first kappa shape index (κ1) is 8.75. The Balaban J connectivity index is 2.03. The summed E-state index contributed by atoms with van der Waals surface area (Å²) in [7, 11) is 0. The van der Waals surface area contributed by atoms with Crippen molar-refractivity contribution in [2.75, 3.05) is 6.54 Å². The number of hydrogen-bond acceptors (Lipinski definition) is 3. The molecular weight excluding hydrogens is 164 g/mol. The molecule has 1 N–H and O–H groups in total. The third-order valence-electron chi connectivity index (χ3n) is 2.49. The Morgan fingerprint density at radius 3 is 3.31 bits per heavy atom. The highest BCUT2D eigenvalue weighted by atomic mass is 16.5. The van der Waals surface area contributed by atoms with Crippen molar-refractivity contribution in [1.29, 1.82) is 0 Å². The molecule has 1 aliphatic rings. The van der Waals surface area contributed by atoms with Crippen molar-refractivity contribution in [3.05, 3.63) is 17.5 Å². The molecule has 0 aliphatic carbocycles. The summed E-state index contributed by atoms with van der Waals surface area (Å²) in [5.41, 5.74) is 1.08. The minimum atomic E-state index is 0.439. The van der Waals surface area contributed by atoms with Crippen LogP contribution in [0.2, 0.25) is 0 Å². The summed E-state index contributed by atoms with van der Waals surface area (Å²) in [6.07, 6.45) is 4.56. The fourth-order valence-corrected chi connectivity index (χ4v) is 1.79. The van der Waals surface area contributed by atoms with E-state index in [0.29, 0.717) is 6.04 Å². The predicted molar refractivity (Wildman–Crippen MR) is 50.5 cm³/mol. The first-order valence-corrected chi connectivity index (χ1v) is 5.09. The molecule has 3 heteroatoms. The number of aromatic nitrogens is 1. The molecule has 1 aromatic rings. The van der Waals surface area contributed by atoms with Gasteiger partial charge >= 0.3 is 0 Å². The summed E-state index contributed by atoms with van der Waals surface area (Å²) in [5, 5.41) is 7.49. The first-order chi connectivity index (χ1) is 6.40. The Labute approximate surface area is 78.5 Å². The Kier molecular flexibility index (Phi) is 2.64. The van der Waals surface area contributed by atoms with E-state index in [0.717, 1.165) is 30.8 Å². The number of nitrogens with zero attached hydrogens (tertiary/aromatic N) is 1. The minimum absolute atomic E-state index is 0.439. The average Bonchev–Trinajstić information content (AvgIpc) is 2.70. The van der Waals surface area contributed by atoms with E-state index in [-0.39, 0.29) is 0 Å². The Hall–Kier alpha value is -0.830. The monoisotopic (exact) mass is 180 g/mol. The van der Waals surface area contributed by atoms with Crippen LogP contribution in [0.4, 0.5) is 0 Å². The first-order valence-electron chi connectivity index (χ1n) is 5.09. The van der Waals surface area contributed by atoms with Crippen LogP contribution >= 0.6 is 0 Å². The Morgan fingerprint density at radius 1 is 1.69 bits per heavy atom. The maximum Gasteiger partial charge on any atom is 0.137 e. The zero-order valence-electron chi connectivity index (χ0n) is 8.05. The van der Waals surface area contributed by atoms with Crippen LogP contribution in [0, 0.1) is 0 Å². The van der Waals surface area contributed by atoms with Crippen molar-refractivity contribution >= 4 is 0 Å². The summed E-state index contributed by atoms with van der Waals surface area (Å²) in [5.74, 6) is 1.02. The summed E-state index contributed by atoms with van der Waals surface area (Å²) in [4.78, 5) is 0. The van der Waals surface area contributed by atoms with Crippen molar-refractivity contribution in [3.63, 3.8) is 0 Å². The van der Waals surface area contributed by atoms with Crippen molar-refractivity contribution in [2.45, 2.75) is 38.6 Å². The van der Waals surface area contributed by atoms with Gasteiger partial charge in [0.15, 0.2) is 0 Å². The van der Waals surface area contributed by atoms with Gasteiger partial charge in [0.25, 0.3) is 0 Å². The quantitative estimate of drug-likeness (QED) is 0.773. The SMILES string of the molecule is CCCc1cc([C@@H]2CCCN2)no1. The maximum absolute atomic E-state index is 5.23. The topological polar surface area (TPSA) is 38.1 Å². The molecule has 72 valence electrons. The average molecular weight is 180 g/mol. The van der Waals surface area contributed by atoms with E-state index < -0.39 is 0 Å². The minimum Gasteiger partial charge on any atom is -0.361 e. The van der Waals surface area contributed by atoms with E-state index in [1.54, 1.807) is 0 Å². The second kappa shape index (κ2) is 3.92. The molecule has 0 spiro atoms. The van der Waals surface area contributed by atoms with E-state index in [1.165, 1.54) is 12.8 Å². The third kappa shape index (κ3) is 1.91. The highest BCUT2D eigenvalue weighted by Gasteiger charge is 2.19. The molecule has 13 heavy (non-hydrogen) atoms. The third-order valence-corrected chi connectivity index (χ3v) is 2.49. The summed E-state index contributed by atoms with van der Waals surface area (Å²) in [6, 6.07) is 2.53. The largest absolute Gasteiger partial charge is 0.361 e. The van der Waals surface area contributed by atoms with Gasteiger partial charge in [-0.05, 0) is 25.8 Å². The van der Waals surface area contributed by atoms with Crippen LogP contribution in [0.3, 0.4) is 0 Å². The van der Waals surface area contributed by atoms with Gasteiger partial charge in [0, 0.05) is 12.5 Å². The van der Waals surface area contributed by atoms with E-state index in [4.69, 9.17) is 4.52 Å². The highest BCUT2D eigenvalue weighted by Crippen LogP contribution is 2.22. The fraction of sp³-hybridized carbons (Fsp3) is 0.700. The maximum atomic E-state index is 5.23. The van der Waals surface area contributed by atoms with Gasteiger partial charge in [-0.15, -0.1) is 0 Å². The summed E-state index contributed by atoms with van der Waals surface area (Å²) < 4.78 is 5.23. The van der Waals surface area contributed by atoms with Gasteiger partial charge in [-0.3, -0.25) is 0 Å². The molecule has 1 aliphatic heterocycles. The molecule has 1 saturated heterocycles. The van der Waals surface area contributed by atoms with Crippen LogP contribution in [0.15, 0.2) is 10.6 Å². The lowest BCUT2D eigenvalue weighted by Gasteiger charge is -2.02. The van der Waals surface area contributed by atoms with Crippen LogP contribution in [-0.4, -0.2) is 11.7 Å². The predicted octanol–water partition coefficient (Wildman–Crippen LogP) is 2.05. The molecule has 0 bridgehead atoms.